The van der Waals surface area contributed by atoms with Crippen molar-refractivity contribution < 1.29 is 9.47 Å². The predicted octanol–water partition coefficient (Wildman–Crippen LogP) is 2.74. The van der Waals surface area contributed by atoms with E-state index in [1.54, 1.807) is 14.2 Å². The molecule has 0 aliphatic heterocycles. The first kappa shape index (κ1) is 12.2. The molecule has 1 aliphatic rings. The molecule has 2 rings (SSSR count). The zero-order valence-corrected chi connectivity index (χ0v) is 10.9. The van der Waals surface area contributed by atoms with Crippen molar-refractivity contribution in [1.29, 1.82) is 0 Å². The molecule has 2 N–H and O–H groups in total. The van der Waals surface area contributed by atoms with Gasteiger partial charge in [-0.3, -0.25) is 0 Å². The number of hydrogen-bond acceptors (Lipinski definition) is 3. The number of rotatable bonds is 3. The molecule has 0 atom stereocenters. The van der Waals surface area contributed by atoms with Gasteiger partial charge in [0.05, 0.1) is 14.2 Å². The predicted molar refractivity (Wildman–Crippen MR) is 68.6 cm³/mol. The van der Waals surface area contributed by atoms with Crippen LogP contribution >= 0.6 is 0 Å². The van der Waals surface area contributed by atoms with E-state index in [1.807, 2.05) is 19.1 Å². The Morgan fingerprint density at radius 1 is 1.06 bits per heavy atom. The van der Waals surface area contributed by atoms with E-state index in [-0.39, 0.29) is 5.54 Å². The molecule has 0 spiro atoms. The van der Waals surface area contributed by atoms with Crippen molar-refractivity contribution in [3.8, 4) is 11.5 Å². The van der Waals surface area contributed by atoms with E-state index in [2.05, 4.69) is 0 Å². The minimum atomic E-state index is -0.244. The summed E-state index contributed by atoms with van der Waals surface area (Å²) in [5, 5.41) is 0. The van der Waals surface area contributed by atoms with Crippen molar-refractivity contribution in [3.05, 3.63) is 23.3 Å². The summed E-state index contributed by atoms with van der Waals surface area (Å²) >= 11 is 0. The lowest BCUT2D eigenvalue weighted by Crippen LogP contribution is -2.33. The Morgan fingerprint density at radius 3 is 2.18 bits per heavy atom. The van der Waals surface area contributed by atoms with E-state index >= 15 is 0 Å². The first-order chi connectivity index (χ1) is 8.10. The zero-order valence-electron chi connectivity index (χ0n) is 10.9. The van der Waals surface area contributed by atoms with Crippen LogP contribution in [0.4, 0.5) is 0 Å². The molecule has 0 saturated heterocycles. The maximum atomic E-state index is 6.49. The Balaban J connectivity index is 2.50. The van der Waals surface area contributed by atoms with Gasteiger partial charge < -0.3 is 15.2 Å². The second-order valence-electron chi connectivity index (χ2n) is 4.89. The average Bonchev–Trinajstić information content (AvgIpc) is 2.76. The normalized spacial score (nSPS) is 18.1. The highest BCUT2D eigenvalue weighted by Gasteiger charge is 2.34. The van der Waals surface area contributed by atoms with Gasteiger partial charge in [0.2, 0.25) is 0 Å². The number of nitrogens with two attached hydrogens (primary N) is 1. The molecule has 0 aromatic heterocycles. The van der Waals surface area contributed by atoms with Gasteiger partial charge in [0, 0.05) is 11.1 Å². The third kappa shape index (κ3) is 2.12. The summed E-state index contributed by atoms with van der Waals surface area (Å²) in [6, 6.07) is 4.06. The van der Waals surface area contributed by atoms with Crippen LogP contribution in [0.3, 0.4) is 0 Å². The molecule has 94 valence electrons. The quantitative estimate of drug-likeness (QED) is 0.876. The van der Waals surface area contributed by atoms with Gasteiger partial charge in [-0.25, -0.2) is 0 Å². The van der Waals surface area contributed by atoms with Crippen LogP contribution in [-0.2, 0) is 5.54 Å². The molecule has 0 unspecified atom stereocenters. The molecule has 1 aromatic rings. The summed E-state index contributed by atoms with van der Waals surface area (Å²) in [6.45, 7) is 2.02. The van der Waals surface area contributed by atoms with Gasteiger partial charge in [0.1, 0.15) is 11.5 Å². The van der Waals surface area contributed by atoms with E-state index in [9.17, 15) is 0 Å². The van der Waals surface area contributed by atoms with Crippen LogP contribution in [0.2, 0.25) is 0 Å². The SMILES string of the molecule is COc1cc(C2(N)CCCC2)c(OC)cc1C. The van der Waals surface area contributed by atoms with Gasteiger partial charge in [-0.1, -0.05) is 12.8 Å². The van der Waals surface area contributed by atoms with Crippen LogP contribution in [0, 0.1) is 6.92 Å². The van der Waals surface area contributed by atoms with Crippen LogP contribution < -0.4 is 15.2 Å². The summed E-state index contributed by atoms with van der Waals surface area (Å²) in [4.78, 5) is 0. The highest BCUT2D eigenvalue weighted by Crippen LogP contribution is 2.42. The van der Waals surface area contributed by atoms with E-state index in [0.29, 0.717) is 0 Å². The highest BCUT2D eigenvalue weighted by molar-refractivity contribution is 5.49. The third-order valence-electron chi connectivity index (χ3n) is 3.75. The zero-order chi connectivity index (χ0) is 12.5. The Bertz CT molecular complexity index is 409. The fourth-order valence-electron chi connectivity index (χ4n) is 2.71. The smallest absolute Gasteiger partial charge is 0.124 e. The average molecular weight is 235 g/mol. The molecule has 0 bridgehead atoms. The fourth-order valence-corrected chi connectivity index (χ4v) is 2.71. The van der Waals surface area contributed by atoms with E-state index in [4.69, 9.17) is 15.2 Å². The van der Waals surface area contributed by atoms with Crippen molar-refractivity contribution in [1.82, 2.24) is 0 Å². The number of aryl methyl sites for hydroxylation is 1. The minimum Gasteiger partial charge on any atom is -0.496 e. The number of hydrogen-bond donors (Lipinski definition) is 1. The molecular weight excluding hydrogens is 214 g/mol. The first-order valence-electron chi connectivity index (χ1n) is 6.13. The van der Waals surface area contributed by atoms with Crippen LogP contribution in [0.5, 0.6) is 11.5 Å². The highest BCUT2D eigenvalue weighted by atomic mass is 16.5. The third-order valence-corrected chi connectivity index (χ3v) is 3.75. The molecule has 0 heterocycles. The van der Waals surface area contributed by atoms with Gasteiger partial charge >= 0.3 is 0 Å². The molecule has 0 radical (unpaired) electrons. The molecular formula is C14H21NO2. The van der Waals surface area contributed by atoms with Crippen LogP contribution in [-0.4, -0.2) is 14.2 Å². The van der Waals surface area contributed by atoms with Crippen molar-refractivity contribution in [2.75, 3.05) is 14.2 Å². The van der Waals surface area contributed by atoms with Crippen LogP contribution in [0.15, 0.2) is 12.1 Å². The molecule has 1 aliphatic carbocycles. The van der Waals surface area contributed by atoms with Gasteiger partial charge in [-0.15, -0.1) is 0 Å². The van der Waals surface area contributed by atoms with Gasteiger partial charge in [-0.05, 0) is 37.5 Å². The lowest BCUT2D eigenvalue weighted by atomic mass is 9.87. The summed E-state index contributed by atoms with van der Waals surface area (Å²) < 4.78 is 10.8. The van der Waals surface area contributed by atoms with Gasteiger partial charge in [0.25, 0.3) is 0 Å². The molecule has 0 amide bonds. The first-order valence-corrected chi connectivity index (χ1v) is 6.13. The molecule has 1 fully saturated rings. The topological polar surface area (TPSA) is 44.5 Å². The number of methoxy groups -OCH3 is 2. The van der Waals surface area contributed by atoms with E-state index in [1.165, 1.54) is 12.8 Å². The second kappa shape index (κ2) is 4.57. The molecule has 17 heavy (non-hydrogen) atoms. The van der Waals surface area contributed by atoms with E-state index < -0.39 is 0 Å². The van der Waals surface area contributed by atoms with Gasteiger partial charge in [0.15, 0.2) is 0 Å². The Kier molecular flexibility index (Phi) is 3.29. The maximum Gasteiger partial charge on any atom is 0.124 e. The number of benzene rings is 1. The van der Waals surface area contributed by atoms with Gasteiger partial charge in [-0.2, -0.15) is 0 Å². The van der Waals surface area contributed by atoms with Crippen molar-refractivity contribution in [2.45, 2.75) is 38.1 Å². The summed E-state index contributed by atoms with van der Waals surface area (Å²) in [7, 11) is 3.39. The van der Waals surface area contributed by atoms with Crippen molar-refractivity contribution in [3.63, 3.8) is 0 Å². The Labute approximate surface area is 103 Å². The lowest BCUT2D eigenvalue weighted by Gasteiger charge is -2.27. The van der Waals surface area contributed by atoms with Crippen LogP contribution in [0.25, 0.3) is 0 Å². The van der Waals surface area contributed by atoms with Crippen molar-refractivity contribution >= 4 is 0 Å². The summed E-state index contributed by atoms with van der Waals surface area (Å²) in [5.74, 6) is 1.77. The summed E-state index contributed by atoms with van der Waals surface area (Å²) in [5.41, 5.74) is 8.41. The lowest BCUT2D eigenvalue weighted by molar-refractivity contribution is 0.370. The molecule has 3 nitrogen and oxygen atoms in total. The standard InChI is InChI=1S/C14H21NO2/c1-10-8-13(17-3)11(9-12(10)16-2)14(15)6-4-5-7-14/h8-9H,4-7,15H2,1-3H3. The van der Waals surface area contributed by atoms with Crippen LogP contribution in [0.1, 0.15) is 36.8 Å². The Morgan fingerprint density at radius 2 is 1.65 bits per heavy atom. The minimum absolute atomic E-state index is 0.244. The molecule has 3 heteroatoms. The number of ether oxygens (including phenoxy) is 2. The fraction of sp³-hybridized carbons (Fsp3) is 0.571. The Hall–Kier alpha value is -1.22. The maximum absolute atomic E-state index is 6.49. The largest absolute Gasteiger partial charge is 0.496 e. The monoisotopic (exact) mass is 235 g/mol. The van der Waals surface area contributed by atoms with Crippen molar-refractivity contribution in [2.24, 2.45) is 5.73 Å². The molecule has 1 aromatic carbocycles. The second-order valence-corrected chi connectivity index (χ2v) is 4.89. The summed E-state index contributed by atoms with van der Waals surface area (Å²) in [6.07, 6.45) is 4.43. The van der Waals surface area contributed by atoms with E-state index in [0.717, 1.165) is 35.5 Å². The molecule has 1 saturated carbocycles.